The monoisotopic (exact) mass is 259 g/mol. The van der Waals surface area contributed by atoms with Gasteiger partial charge < -0.3 is 20.3 Å². The highest BCUT2D eigenvalue weighted by Gasteiger charge is 2.36. The summed E-state index contributed by atoms with van der Waals surface area (Å²) in [7, 11) is 1.31. The number of aliphatic carboxylic acids is 1. The maximum absolute atomic E-state index is 11.2. The van der Waals surface area contributed by atoms with Crippen LogP contribution in [-0.4, -0.2) is 47.4 Å². The predicted octanol–water partition coefficient (Wildman–Crippen LogP) is 0.143. The number of carbonyl (C=O) groups is 2. The zero-order chi connectivity index (χ0) is 13.8. The average molecular weight is 259 g/mol. The first-order valence-corrected chi connectivity index (χ1v) is 6.14. The predicted molar refractivity (Wildman–Crippen MR) is 64.0 cm³/mol. The van der Waals surface area contributed by atoms with Crippen molar-refractivity contribution in [1.29, 1.82) is 0 Å². The second-order valence-electron chi connectivity index (χ2n) is 4.96. The number of carbonyl (C=O) groups excluding carboxylic acids is 1. The van der Waals surface area contributed by atoms with Gasteiger partial charge in [0.2, 0.25) is 0 Å². The van der Waals surface area contributed by atoms with E-state index in [0.29, 0.717) is 25.7 Å². The van der Waals surface area contributed by atoms with Gasteiger partial charge in [-0.05, 0) is 32.6 Å². The number of rotatable bonds is 5. The number of carboxylic acids is 1. The third-order valence-electron chi connectivity index (χ3n) is 3.56. The van der Waals surface area contributed by atoms with E-state index in [1.165, 1.54) is 7.11 Å². The Morgan fingerprint density at radius 3 is 2.44 bits per heavy atom. The molecule has 1 unspecified atom stereocenters. The lowest BCUT2D eigenvalue weighted by Crippen LogP contribution is -2.48. The van der Waals surface area contributed by atoms with Crippen molar-refractivity contribution in [2.45, 2.75) is 44.2 Å². The third-order valence-corrected chi connectivity index (χ3v) is 3.56. The molecule has 6 heteroatoms. The van der Waals surface area contributed by atoms with Crippen LogP contribution in [0.25, 0.3) is 0 Å². The molecule has 0 aromatic rings. The van der Waals surface area contributed by atoms with Crippen LogP contribution >= 0.6 is 0 Å². The molecule has 0 aromatic heterocycles. The summed E-state index contributed by atoms with van der Waals surface area (Å²) in [6.45, 7) is 1.94. The van der Waals surface area contributed by atoms with Crippen LogP contribution < -0.4 is 5.32 Å². The van der Waals surface area contributed by atoms with E-state index in [1.54, 1.807) is 6.92 Å². The Balaban J connectivity index is 2.39. The first-order valence-electron chi connectivity index (χ1n) is 6.14. The first-order chi connectivity index (χ1) is 8.38. The number of hydrogen-bond acceptors (Lipinski definition) is 5. The van der Waals surface area contributed by atoms with Gasteiger partial charge in [-0.15, -0.1) is 0 Å². The zero-order valence-electron chi connectivity index (χ0n) is 10.8. The lowest BCUT2D eigenvalue weighted by atomic mass is 9.78. The molecule has 0 heterocycles. The Bertz CT molecular complexity index is 310. The highest BCUT2D eigenvalue weighted by Crippen LogP contribution is 2.31. The molecule has 1 aliphatic carbocycles. The van der Waals surface area contributed by atoms with Gasteiger partial charge in [0.25, 0.3) is 0 Å². The highest BCUT2D eigenvalue weighted by molar-refractivity contribution is 5.75. The molecule has 0 spiro atoms. The van der Waals surface area contributed by atoms with Gasteiger partial charge in [0, 0.05) is 6.54 Å². The summed E-state index contributed by atoms with van der Waals surface area (Å²) in [5.41, 5.74) is -0.922. The van der Waals surface area contributed by atoms with Crippen LogP contribution in [0.15, 0.2) is 0 Å². The van der Waals surface area contributed by atoms with E-state index >= 15 is 0 Å². The van der Waals surface area contributed by atoms with Crippen molar-refractivity contribution in [3.05, 3.63) is 0 Å². The van der Waals surface area contributed by atoms with Crippen molar-refractivity contribution in [1.82, 2.24) is 5.32 Å². The van der Waals surface area contributed by atoms with E-state index < -0.39 is 17.6 Å². The van der Waals surface area contributed by atoms with Gasteiger partial charge in [-0.1, -0.05) is 0 Å². The number of hydrogen-bond donors (Lipinski definition) is 3. The Hall–Kier alpha value is -1.14. The van der Waals surface area contributed by atoms with Gasteiger partial charge in [-0.2, -0.15) is 0 Å². The first kappa shape index (κ1) is 14.9. The van der Waals surface area contributed by atoms with Gasteiger partial charge in [-0.25, -0.2) is 0 Å². The molecule has 1 fully saturated rings. The van der Waals surface area contributed by atoms with E-state index in [1.807, 2.05) is 0 Å². The minimum absolute atomic E-state index is 0.273. The van der Waals surface area contributed by atoms with Crippen LogP contribution in [-0.2, 0) is 14.3 Å². The summed E-state index contributed by atoms with van der Waals surface area (Å²) in [5, 5.41) is 22.1. The van der Waals surface area contributed by atoms with E-state index in [-0.39, 0.29) is 18.4 Å². The number of carboxylic acid groups (broad SMARTS) is 1. The molecule has 1 rings (SSSR count). The summed E-state index contributed by atoms with van der Waals surface area (Å²) in [6.07, 6.45) is 1.82. The van der Waals surface area contributed by atoms with Gasteiger partial charge in [0.05, 0.1) is 18.6 Å². The molecule has 1 atom stereocenters. The molecule has 1 saturated carbocycles. The van der Waals surface area contributed by atoms with Crippen LogP contribution in [0, 0.1) is 5.92 Å². The van der Waals surface area contributed by atoms with Crippen molar-refractivity contribution >= 4 is 11.9 Å². The van der Waals surface area contributed by atoms with Crippen molar-refractivity contribution in [3.8, 4) is 0 Å². The smallest absolute Gasteiger partial charge is 0.322 e. The lowest BCUT2D eigenvalue weighted by molar-refractivity contribution is -0.144. The summed E-state index contributed by atoms with van der Waals surface area (Å²) in [6, 6.07) is -0.476. The summed E-state index contributed by atoms with van der Waals surface area (Å²) >= 11 is 0. The quantitative estimate of drug-likeness (QED) is 0.608. The normalized spacial score (nSPS) is 29.6. The summed E-state index contributed by atoms with van der Waals surface area (Å²) < 4.78 is 4.57. The molecule has 0 bridgehead atoms. The van der Waals surface area contributed by atoms with E-state index in [9.17, 15) is 14.7 Å². The largest absolute Gasteiger partial charge is 0.481 e. The molecular formula is C12H21NO5. The Morgan fingerprint density at radius 1 is 1.44 bits per heavy atom. The Kier molecular flexibility index (Phi) is 5.10. The van der Waals surface area contributed by atoms with E-state index in [0.717, 1.165) is 0 Å². The minimum Gasteiger partial charge on any atom is -0.481 e. The van der Waals surface area contributed by atoms with E-state index in [4.69, 9.17) is 5.11 Å². The number of methoxy groups -OCH3 is 1. The van der Waals surface area contributed by atoms with Crippen LogP contribution in [0.5, 0.6) is 0 Å². The van der Waals surface area contributed by atoms with Gasteiger partial charge in [-0.3, -0.25) is 9.59 Å². The van der Waals surface area contributed by atoms with Gasteiger partial charge in [0.15, 0.2) is 0 Å². The fraction of sp³-hybridized carbons (Fsp3) is 0.833. The molecule has 0 aromatic carbocycles. The molecule has 0 radical (unpaired) electrons. The van der Waals surface area contributed by atoms with Crippen molar-refractivity contribution < 1.29 is 24.5 Å². The molecule has 0 amide bonds. The number of ether oxygens (including phenoxy) is 1. The standard InChI is InChI=1S/C12H21NO5/c1-8(11(16)18-2)13-7-12(17)5-3-9(4-6-12)10(14)15/h8-9,13,17H,3-7H2,1-2H3,(H,14,15). The highest BCUT2D eigenvalue weighted by atomic mass is 16.5. The van der Waals surface area contributed by atoms with Crippen LogP contribution in [0.4, 0.5) is 0 Å². The molecule has 18 heavy (non-hydrogen) atoms. The molecule has 6 nitrogen and oxygen atoms in total. The topological polar surface area (TPSA) is 95.9 Å². The summed E-state index contributed by atoms with van der Waals surface area (Å²) in [5.74, 6) is -1.53. The molecule has 3 N–H and O–H groups in total. The number of esters is 1. The lowest BCUT2D eigenvalue weighted by Gasteiger charge is -2.35. The third kappa shape index (κ3) is 3.96. The molecule has 104 valence electrons. The van der Waals surface area contributed by atoms with E-state index in [2.05, 4.69) is 10.1 Å². The number of nitrogens with one attached hydrogen (secondary N) is 1. The maximum Gasteiger partial charge on any atom is 0.322 e. The fourth-order valence-corrected chi connectivity index (χ4v) is 2.18. The Morgan fingerprint density at radius 2 is 2.00 bits per heavy atom. The SMILES string of the molecule is COC(=O)C(C)NCC1(O)CCC(C(=O)O)CC1. The second kappa shape index (κ2) is 6.15. The maximum atomic E-state index is 11.2. The molecular weight excluding hydrogens is 238 g/mol. The van der Waals surface area contributed by atoms with Crippen molar-refractivity contribution in [3.63, 3.8) is 0 Å². The van der Waals surface area contributed by atoms with Gasteiger partial charge in [0.1, 0.15) is 6.04 Å². The fourth-order valence-electron chi connectivity index (χ4n) is 2.18. The summed E-state index contributed by atoms with van der Waals surface area (Å²) in [4.78, 5) is 22.0. The molecule has 0 saturated heterocycles. The van der Waals surface area contributed by atoms with Crippen molar-refractivity contribution in [2.24, 2.45) is 5.92 Å². The average Bonchev–Trinajstić information content (AvgIpc) is 2.35. The molecule has 0 aliphatic heterocycles. The van der Waals surface area contributed by atoms with Crippen LogP contribution in [0.2, 0.25) is 0 Å². The number of aliphatic hydroxyl groups is 1. The van der Waals surface area contributed by atoms with Crippen LogP contribution in [0.1, 0.15) is 32.6 Å². The minimum atomic E-state index is -0.922. The molecule has 1 aliphatic rings. The second-order valence-corrected chi connectivity index (χ2v) is 4.96. The Labute approximate surface area is 106 Å². The van der Waals surface area contributed by atoms with Gasteiger partial charge >= 0.3 is 11.9 Å². The van der Waals surface area contributed by atoms with Crippen LogP contribution in [0.3, 0.4) is 0 Å². The zero-order valence-corrected chi connectivity index (χ0v) is 10.8. The van der Waals surface area contributed by atoms with Crippen molar-refractivity contribution in [2.75, 3.05) is 13.7 Å².